The Bertz CT molecular complexity index is 611. The smallest absolute Gasteiger partial charge is 0.342 e. The topological polar surface area (TPSA) is 72.8 Å². The predicted molar refractivity (Wildman–Crippen MR) is 75.1 cm³/mol. The van der Waals surface area contributed by atoms with Crippen LogP contribution in [0.25, 0.3) is 11.1 Å². The summed E-state index contributed by atoms with van der Waals surface area (Å²) in [6.45, 7) is 0. The summed E-state index contributed by atoms with van der Waals surface area (Å²) in [5.74, 6) is -1.86. The largest absolute Gasteiger partial charge is 0.506 e. The Hall–Kier alpha value is -2.08. The monoisotopic (exact) mass is 338 g/mol. The molecule has 6 heteroatoms. The lowest BCUT2D eigenvalue weighted by atomic mass is 10.1. The van der Waals surface area contributed by atoms with Crippen LogP contribution in [0.5, 0.6) is 5.75 Å². The van der Waals surface area contributed by atoms with E-state index < -0.39 is 17.7 Å². The maximum absolute atomic E-state index is 11.8. The Morgan fingerprint density at radius 1 is 0.950 bits per heavy atom. The molecule has 0 bridgehead atoms. The van der Waals surface area contributed by atoms with Crippen molar-refractivity contribution >= 4 is 27.9 Å². The zero-order valence-corrected chi connectivity index (χ0v) is 12.4. The van der Waals surface area contributed by atoms with Gasteiger partial charge in [-0.3, -0.25) is 0 Å². The molecule has 0 radical (unpaired) electrons. The number of ether oxygens (including phenoxy) is 2. The van der Waals surface area contributed by atoms with Crippen molar-refractivity contribution in [3.05, 3.63) is 39.9 Å². The zero-order chi connectivity index (χ0) is 14.9. The lowest BCUT2D eigenvalue weighted by molar-refractivity contribution is 0.0598. The van der Waals surface area contributed by atoms with Gasteiger partial charge in [0.15, 0.2) is 0 Å². The maximum atomic E-state index is 11.8. The molecule has 1 N–H and O–H groups in total. The van der Waals surface area contributed by atoms with E-state index in [1.165, 1.54) is 14.2 Å². The summed E-state index contributed by atoms with van der Waals surface area (Å²) >= 11 is 3.31. The summed E-state index contributed by atoms with van der Waals surface area (Å²) in [6, 6.07) is 6.65. The van der Waals surface area contributed by atoms with Crippen molar-refractivity contribution in [1.29, 1.82) is 0 Å². The number of methoxy groups -OCH3 is 2. The minimum atomic E-state index is -0.718. The first kappa shape index (κ1) is 14.3. The van der Waals surface area contributed by atoms with Gasteiger partial charge in [-0.15, -0.1) is 0 Å². The van der Waals surface area contributed by atoms with Gasteiger partial charge in [0, 0.05) is 15.6 Å². The van der Waals surface area contributed by atoms with Crippen LogP contribution >= 0.6 is 15.9 Å². The highest BCUT2D eigenvalue weighted by Gasteiger charge is 2.31. The van der Waals surface area contributed by atoms with Gasteiger partial charge in [0.2, 0.25) is 0 Å². The Morgan fingerprint density at radius 3 is 1.70 bits per heavy atom. The van der Waals surface area contributed by atoms with E-state index in [-0.39, 0.29) is 11.1 Å². The maximum Gasteiger partial charge on any atom is 0.342 e. The highest BCUT2D eigenvalue weighted by Crippen LogP contribution is 2.42. The third kappa shape index (κ3) is 2.22. The van der Waals surface area contributed by atoms with E-state index in [1.807, 2.05) is 0 Å². The lowest BCUT2D eigenvalue weighted by Crippen LogP contribution is -2.02. The summed E-state index contributed by atoms with van der Waals surface area (Å²) < 4.78 is 10.1. The van der Waals surface area contributed by atoms with Gasteiger partial charge in [-0.1, -0.05) is 28.1 Å². The zero-order valence-electron chi connectivity index (χ0n) is 10.8. The highest BCUT2D eigenvalue weighted by molar-refractivity contribution is 9.10. The molecule has 2 aliphatic carbocycles. The van der Waals surface area contributed by atoms with Gasteiger partial charge < -0.3 is 14.6 Å². The second-order valence-corrected chi connectivity index (χ2v) is 4.88. The summed E-state index contributed by atoms with van der Waals surface area (Å²) in [7, 11) is 2.41. The number of carbonyl (C=O) groups excluding carboxylic acids is 2. The molecular formula is C14H11BrO5. The van der Waals surface area contributed by atoms with Crippen molar-refractivity contribution in [3.8, 4) is 16.9 Å². The van der Waals surface area contributed by atoms with E-state index >= 15 is 0 Å². The molecule has 0 spiro atoms. The second kappa shape index (κ2) is 5.50. The molecule has 0 aliphatic heterocycles. The van der Waals surface area contributed by atoms with Crippen LogP contribution < -0.4 is 0 Å². The molecule has 0 saturated carbocycles. The van der Waals surface area contributed by atoms with E-state index in [0.29, 0.717) is 11.1 Å². The highest BCUT2D eigenvalue weighted by atomic mass is 79.9. The number of carbonyl (C=O) groups is 2. The molecule has 0 atom stereocenters. The van der Waals surface area contributed by atoms with Crippen molar-refractivity contribution in [1.82, 2.24) is 0 Å². The molecule has 0 unspecified atom stereocenters. The van der Waals surface area contributed by atoms with E-state index in [4.69, 9.17) is 0 Å². The van der Waals surface area contributed by atoms with Gasteiger partial charge in [0.1, 0.15) is 16.9 Å². The molecule has 0 aromatic rings. The summed E-state index contributed by atoms with van der Waals surface area (Å²) in [4.78, 5) is 23.6. The van der Waals surface area contributed by atoms with Crippen LogP contribution in [0.4, 0.5) is 0 Å². The molecule has 0 amide bonds. The Balaban J connectivity index is 2.85. The van der Waals surface area contributed by atoms with E-state index in [9.17, 15) is 14.7 Å². The second-order valence-electron chi connectivity index (χ2n) is 3.96. The van der Waals surface area contributed by atoms with Crippen LogP contribution in [-0.2, 0) is 9.47 Å². The van der Waals surface area contributed by atoms with Crippen molar-refractivity contribution in [2.75, 3.05) is 14.2 Å². The molecule has 2 rings (SSSR count). The van der Waals surface area contributed by atoms with E-state index in [2.05, 4.69) is 25.4 Å². The normalized spacial score (nSPS) is 10.3. The fraction of sp³-hybridized carbons (Fsp3) is 0.143. The summed E-state index contributed by atoms with van der Waals surface area (Å²) in [5, 5.41) is 10.2. The predicted octanol–water partition coefficient (Wildman–Crippen LogP) is 2.83. The number of rotatable bonds is 2. The molecular weight excluding hydrogens is 328 g/mol. The van der Waals surface area contributed by atoms with Gasteiger partial charge >= 0.3 is 11.9 Å². The van der Waals surface area contributed by atoms with Crippen LogP contribution in [-0.4, -0.2) is 31.3 Å². The molecule has 0 fully saturated rings. The van der Waals surface area contributed by atoms with Crippen LogP contribution in [0.15, 0.2) is 28.7 Å². The quantitative estimate of drug-likeness (QED) is 0.852. The molecule has 0 aromatic carbocycles. The van der Waals surface area contributed by atoms with Gasteiger partial charge in [-0.05, 0) is 12.1 Å². The van der Waals surface area contributed by atoms with Crippen molar-refractivity contribution < 1.29 is 24.2 Å². The SMILES string of the molecule is COC(=O)c1c2ccc(Br)ccc-2c(C(=O)OC)c1O. The molecule has 5 nitrogen and oxygen atoms in total. The van der Waals surface area contributed by atoms with Crippen molar-refractivity contribution in [2.45, 2.75) is 0 Å². The van der Waals surface area contributed by atoms with Gasteiger partial charge in [-0.2, -0.15) is 0 Å². The fourth-order valence-corrected chi connectivity index (χ4v) is 2.26. The minimum Gasteiger partial charge on any atom is -0.506 e. The van der Waals surface area contributed by atoms with Gasteiger partial charge in [-0.25, -0.2) is 9.59 Å². The van der Waals surface area contributed by atoms with Crippen LogP contribution in [0, 0.1) is 0 Å². The number of hydrogen-bond donors (Lipinski definition) is 1. The Labute approximate surface area is 123 Å². The molecule has 2 aliphatic rings. The van der Waals surface area contributed by atoms with Gasteiger partial charge in [0.05, 0.1) is 14.2 Å². The van der Waals surface area contributed by atoms with Crippen LogP contribution in [0.1, 0.15) is 20.7 Å². The van der Waals surface area contributed by atoms with E-state index in [1.54, 1.807) is 24.3 Å². The number of fused-ring (bicyclic) bond motifs is 1. The lowest BCUT2D eigenvalue weighted by Gasteiger charge is -1.99. The molecule has 0 saturated heterocycles. The number of hydrogen-bond acceptors (Lipinski definition) is 5. The van der Waals surface area contributed by atoms with E-state index in [0.717, 1.165) is 4.47 Å². The van der Waals surface area contributed by atoms with Crippen LogP contribution in [0.2, 0.25) is 0 Å². The number of aromatic hydroxyl groups is 1. The van der Waals surface area contributed by atoms with Crippen molar-refractivity contribution in [2.24, 2.45) is 0 Å². The number of esters is 2. The number of halogens is 1. The first-order valence-corrected chi connectivity index (χ1v) is 6.41. The fourth-order valence-electron chi connectivity index (χ4n) is 1.99. The standard InChI is InChI=1S/C14H11BrO5/c1-19-13(17)10-8-5-3-7(15)4-6-9(8)11(12(10)16)14(18)20-2/h3-6,16H,1-2H3. The minimum absolute atomic E-state index is 0.0500. The molecule has 0 heterocycles. The third-order valence-electron chi connectivity index (χ3n) is 2.90. The Kier molecular flexibility index (Phi) is 3.94. The molecule has 104 valence electrons. The van der Waals surface area contributed by atoms with Crippen LogP contribution in [0.3, 0.4) is 0 Å². The average molecular weight is 339 g/mol. The molecule has 20 heavy (non-hydrogen) atoms. The van der Waals surface area contributed by atoms with Gasteiger partial charge in [0.25, 0.3) is 0 Å². The first-order chi connectivity index (χ1) is 9.51. The van der Waals surface area contributed by atoms with Crippen molar-refractivity contribution in [3.63, 3.8) is 0 Å². The average Bonchev–Trinajstić information content (AvgIpc) is 2.59. The Morgan fingerprint density at radius 2 is 1.35 bits per heavy atom. The summed E-state index contributed by atoms with van der Waals surface area (Å²) in [6.07, 6.45) is 0. The summed E-state index contributed by atoms with van der Waals surface area (Å²) in [5.41, 5.74) is 0.734. The third-order valence-corrected chi connectivity index (χ3v) is 3.43. The first-order valence-electron chi connectivity index (χ1n) is 5.62. The molecule has 0 aromatic heterocycles.